The third-order valence-corrected chi connectivity index (χ3v) is 4.73. The number of hydrogen-bond acceptors (Lipinski definition) is 6. The van der Waals surface area contributed by atoms with Crippen molar-refractivity contribution in [2.45, 2.75) is 36.9 Å². The Kier molecular flexibility index (Phi) is 4.21. The lowest BCUT2D eigenvalue weighted by Gasteiger charge is -2.31. The Morgan fingerprint density at radius 3 is 3.00 bits per heavy atom. The lowest BCUT2D eigenvalue weighted by atomic mass is 9.99. The van der Waals surface area contributed by atoms with E-state index in [9.17, 15) is 9.90 Å². The van der Waals surface area contributed by atoms with Crippen molar-refractivity contribution >= 4 is 17.7 Å². The van der Waals surface area contributed by atoms with Crippen molar-refractivity contribution in [2.75, 3.05) is 25.4 Å². The van der Waals surface area contributed by atoms with Crippen molar-refractivity contribution in [3.05, 3.63) is 0 Å². The van der Waals surface area contributed by atoms with Crippen LogP contribution >= 0.6 is 11.8 Å². The van der Waals surface area contributed by atoms with Crippen LogP contribution in [-0.4, -0.2) is 61.6 Å². The van der Waals surface area contributed by atoms with Gasteiger partial charge in [0, 0.05) is 19.7 Å². The molecule has 0 spiro atoms. The summed E-state index contributed by atoms with van der Waals surface area (Å²) in [5.74, 6) is 0.707. The largest absolute Gasteiger partial charge is 0.396 e. The number of nitrogens with zero attached hydrogens (tertiary/aromatic N) is 5. The van der Waals surface area contributed by atoms with Crippen LogP contribution in [0.4, 0.5) is 0 Å². The molecule has 1 aliphatic heterocycles. The summed E-state index contributed by atoms with van der Waals surface area (Å²) in [7, 11) is 0. The van der Waals surface area contributed by atoms with Crippen LogP contribution in [0.25, 0.3) is 0 Å². The van der Waals surface area contributed by atoms with Gasteiger partial charge >= 0.3 is 0 Å². The van der Waals surface area contributed by atoms with E-state index < -0.39 is 0 Å². The number of aliphatic hydroxyl groups excluding tert-OH is 1. The smallest absolute Gasteiger partial charge is 0.233 e. The monoisotopic (exact) mass is 297 g/mol. The summed E-state index contributed by atoms with van der Waals surface area (Å²) < 4.78 is 1.82. The van der Waals surface area contributed by atoms with E-state index in [2.05, 4.69) is 15.5 Å². The van der Waals surface area contributed by atoms with Gasteiger partial charge < -0.3 is 10.0 Å². The Hall–Kier alpha value is -1.15. The average Bonchev–Trinajstić information content (AvgIpc) is 3.23. The van der Waals surface area contributed by atoms with Crippen LogP contribution < -0.4 is 0 Å². The first-order chi connectivity index (χ1) is 9.78. The minimum absolute atomic E-state index is 0.110. The molecule has 2 aliphatic rings. The van der Waals surface area contributed by atoms with E-state index >= 15 is 0 Å². The zero-order valence-electron chi connectivity index (χ0n) is 11.3. The molecule has 0 bridgehead atoms. The molecule has 1 aromatic heterocycles. The summed E-state index contributed by atoms with van der Waals surface area (Å²) in [4.78, 5) is 14.0. The van der Waals surface area contributed by atoms with Gasteiger partial charge in [0.15, 0.2) is 0 Å². The predicted octanol–water partition coefficient (Wildman–Crippen LogP) is 0.331. The number of aromatic nitrogens is 4. The second-order valence-corrected chi connectivity index (χ2v) is 6.40. The molecule has 1 aromatic rings. The maximum atomic E-state index is 12.2. The Labute approximate surface area is 121 Å². The average molecular weight is 297 g/mol. The molecule has 0 radical (unpaired) electrons. The van der Waals surface area contributed by atoms with Crippen LogP contribution in [0, 0.1) is 5.92 Å². The third-order valence-electron chi connectivity index (χ3n) is 3.81. The van der Waals surface area contributed by atoms with Crippen molar-refractivity contribution in [2.24, 2.45) is 5.92 Å². The number of thioether (sulfide) groups is 1. The standard InChI is InChI=1S/C12H19N5O2S/c18-7-9-2-1-5-16(6-9)11(19)8-20-12-13-14-15-17(12)10-3-4-10/h9-10,18H,1-8H2. The maximum absolute atomic E-state index is 12.2. The van der Waals surface area contributed by atoms with Crippen LogP contribution in [0.3, 0.4) is 0 Å². The zero-order valence-corrected chi connectivity index (χ0v) is 12.1. The molecule has 2 fully saturated rings. The Morgan fingerprint density at radius 1 is 1.40 bits per heavy atom. The van der Waals surface area contributed by atoms with Gasteiger partial charge in [0.25, 0.3) is 0 Å². The number of likely N-dealkylation sites (tertiary alicyclic amines) is 1. The van der Waals surface area contributed by atoms with Crippen molar-refractivity contribution in [1.82, 2.24) is 25.1 Å². The molecule has 2 heterocycles. The molecule has 1 atom stereocenters. The molecule has 3 rings (SSSR count). The number of hydrogen-bond donors (Lipinski definition) is 1. The normalized spacial score (nSPS) is 23.1. The van der Waals surface area contributed by atoms with E-state index in [1.54, 1.807) is 0 Å². The van der Waals surface area contributed by atoms with Gasteiger partial charge in [-0.15, -0.1) is 5.10 Å². The fourth-order valence-electron chi connectivity index (χ4n) is 2.49. The van der Waals surface area contributed by atoms with E-state index in [0.29, 0.717) is 18.3 Å². The van der Waals surface area contributed by atoms with Crippen LogP contribution in [0.15, 0.2) is 5.16 Å². The summed E-state index contributed by atoms with van der Waals surface area (Å²) in [5, 5.41) is 21.6. The quantitative estimate of drug-likeness (QED) is 0.789. The highest BCUT2D eigenvalue weighted by atomic mass is 32.2. The molecule has 0 aromatic carbocycles. The summed E-state index contributed by atoms with van der Waals surface area (Å²) in [5.41, 5.74) is 0. The molecule has 1 saturated heterocycles. The Morgan fingerprint density at radius 2 is 2.25 bits per heavy atom. The molecule has 1 amide bonds. The second kappa shape index (κ2) is 6.09. The lowest BCUT2D eigenvalue weighted by Crippen LogP contribution is -2.41. The number of carbonyl (C=O) groups excluding carboxylic acids is 1. The third kappa shape index (κ3) is 3.12. The Bertz CT molecular complexity index is 476. The highest BCUT2D eigenvalue weighted by Gasteiger charge is 2.29. The first kappa shape index (κ1) is 13.8. The number of piperidine rings is 1. The van der Waals surface area contributed by atoms with Gasteiger partial charge in [-0.1, -0.05) is 11.8 Å². The molecule has 7 nitrogen and oxygen atoms in total. The molecule has 1 unspecified atom stereocenters. The summed E-state index contributed by atoms with van der Waals surface area (Å²) in [6, 6.07) is 0.427. The molecule has 1 saturated carbocycles. The van der Waals surface area contributed by atoms with Gasteiger partial charge in [0.1, 0.15) is 0 Å². The molecular weight excluding hydrogens is 278 g/mol. The molecule has 20 heavy (non-hydrogen) atoms. The van der Waals surface area contributed by atoms with E-state index in [1.807, 2.05) is 9.58 Å². The van der Waals surface area contributed by atoms with Crippen LogP contribution in [0.2, 0.25) is 0 Å². The summed E-state index contributed by atoms with van der Waals surface area (Å²) in [6.07, 6.45) is 4.22. The van der Waals surface area contributed by atoms with Gasteiger partial charge in [0.05, 0.1) is 11.8 Å². The SMILES string of the molecule is O=C(CSc1nnnn1C1CC1)N1CCCC(CO)C1. The van der Waals surface area contributed by atoms with Gasteiger partial charge in [-0.3, -0.25) is 4.79 Å². The molecule has 8 heteroatoms. The van der Waals surface area contributed by atoms with E-state index in [0.717, 1.165) is 37.4 Å². The maximum Gasteiger partial charge on any atom is 0.233 e. The minimum Gasteiger partial charge on any atom is -0.396 e. The van der Waals surface area contributed by atoms with Crippen LogP contribution in [0.5, 0.6) is 0 Å². The number of aliphatic hydroxyl groups is 1. The van der Waals surface area contributed by atoms with Crippen LogP contribution in [0.1, 0.15) is 31.7 Å². The predicted molar refractivity (Wildman–Crippen MR) is 73.2 cm³/mol. The molecule has 1 N–H and O–H groups in total. The van der Waals surface area contributed by atoms with E-state index in [4.69, 9.17) is 0 Å². The highest BCUT2D eigenvalue weighted by molar-refractivity contribution is 7.99. The topological polar surface area (TPSA) is 84.1 Å². The van der Waals surface area contributed by atoms with Crippen molar-refractivity contribution in [3.63, 3.8) is 0 Å². The van der Waals surface area contributed by atoms with Crippen molar-refractivity contribution in [3.8, 4) is 0 Å². The fraction of sp³-hybridized carbons (Fsp3) is 0.833. The highest BCUT2D eigenvalue weighted by Crippen LogP contribution is 2.36. The van der Waals surface area contributed by atoms with Gasteiger partial charge in [-0.05, 0) is 42.0 Å². The number of tetrazole rings is 1. The lowest BCUT2D eigenvalue weighted by molar-refractivity contribution is -0.130. The number of carbonyl (C=O) groups is 1. The van der Waals surface area contributed by atoms with Gasteiger partial charge in [-0.2, -0.15) is 0 Å². The molecular formula is C12H19N5O2S. The van der Waals surface area contributed by atoms with Gasteiger partial charge in [-0.25, -0.2) is 4.68 Å². The van der Waals surface area contributed by atoms with Crippen molar-refractivity contribution < 1.29 is 9.90 Å². The van der Waals surface area contributed by atoms with Crippen LogP contribution in [-0.2, 0) is 4.79 Å². The fourth-order valence-corrected chi connectivity index (χ4v) is 3.33. The minimum atomic E-state index is 0.110. The summed E-state index contributed by atoms with van der Waals surface area (Å²) >= 11 is 1.41. The number of amides is 1. The summed E-state index contributed by atoms with van der Waals surface area (Å²) in [6.45, 7) is 1.63. The zero-order chi connectivity index (χ0) is 13.9. The Balaban J connectivity index is 1.52. The first-order valence-electron chi connectivity index (χ1n) is 7.07. The molecule has 1 aliphatic carbocycles. The molecule has 110 valence electrons. The second-order valence-electron chi connectivity index (χ2n) is 5.46. The van der Waals surface area contributed by atoms with Gasteiger partial charge in [0.2, 0.25) is 11.1 Å². The van der Waals surface area contributed by atoms with E-state index in [-0.39, 0.29) is 18.4 Å². The van der Waals surface area contributed by atoms with Crippen molar-refractivity contribution in [1.29, 1.82) is 0 Å². The first-order valence-corrected chi connectivity index (χ1v) is 8.06. The number of rotatable bonds is 5. The van der Waals surface area contributed by atoms with E-state index in [1.165, 1.54) is 11.8 Å².